The highest BCUT2D eigenvalue weighted by Crippen LogP contribution is 2.37. The standard InChI is InChI=1S/C20H17NO2S2/c1-12-5-4-6-17(13(12)2)21-19(23)18(25-20(21)24)11-15-7-9-16(10-8-15)14(3)22/h4-11H,1-3H3/b18-11-. The fourth-order valence-corrected chi connectivity index (χ4v) is 3.90. The Balaban J connectivity index is 1.93. The molecular weight excluding hydrogens is 350 g/mol. The molecule has 0 atom stereocenters. The van der Waals surface area contributed by atoms with Crippen LogP contribution < -0.4 is 4.90 Å². The average Bonchev–Trinajstić information content (AvgIpc) is 2.85. The van der Waals surface area contributed by atoms with Gasteiger partial charge < -0.3 is 0 Å². The smallest absolute Gasteiger partial charge is 0.270 e. The molecule has 0 aromatic heterocycles. The van der Waals surface area contributed by atoms with Gasteiger partial charge in [-0.25, -0.2) is 0 Å². The Kier molecular flexibility index (Phi) is 4.88. The van der Waals surface area contributed by atoms with E-state index < -0.39 is 0 Å². The molecular formula is C20H17NO2S2. The molecule has 0 unspecified atom stereocenters. The number of amides is 1. The van der Waals surface area contributed by atoms with E-state index >= 15 is 0 Å². The number of nitrogens with zero attached hydrogens (tertiary/aromatic N) is 1. The SMILES string of the molecule is CC(=O)c1ccc(/C=C2\SC(=S)N(c3cccc(C)c3C)C2=O)cc1. The summed E-state index contributed by atoms with van der Waals surface area (Å²) < 4.78 is 0.533. The Labute approximate surface area is 156 Å². The number of benzene rings is 2. The molecule has 0 aliphatic carbocycles. The zero-order chi connectivity index (χ0) is 18.1. The van der Waals surface area contributed by atoms with Crippen LogP contribution in [-0.2, 0) is 4.79 Å². The molecule has 3 rings (SSSR count). The number of thiocarbonyl (C=S) groups is 1. The molecule has 1 amide bonds. The molecule has 25 heavy (non-hydrogen) atoms. The fourth-order valence-electron chi connectivity index (χ4n) is 2.62. The molecule has 1 heterocycles. The maximum Gasteiger partial charge on any atom is 0.270 e. The lowest BCUT2D eigenvalue weighted by Gasteiger charge is -2.18. The van der Waals surface area contributed by atoms with Gasteiger partial charge in [0, 0.05) is 5.56 Å². The number of thioether (sulfide) groups is 1. The third-order valence-electron chi connectivity index (χ3n) is 4.23. The van der Waals surface area contributed by atoms with E-state index in [9.17, 15) is 9.59 Å². The van der Waals surface area contributed by atoms with E-state index in [1.54, 1.807) is 17.0 Å². The van der Waals surface area contributed by atoms with Gasteiger partial charge in [-0.05, 0) is 49.6 Å². The van der Waals surface area contributed by atoms with Crippen LogP contribution in [-0.4, -0.2) is 16.0 Å². The zero-order valence-corrected chi connectivity index (χ0v) is 15.8. The van der Waals surface area contributed by atoms with Crippen molar-refractivity contribution in [1.82, 2.24) is 0 Å². The van der Waals surface area contributed by atoms with E-state index in [0.717, 1.165) is 22.4 Å². The molecule has 0 radical (unpaired) electrons. The van der Waals surface area contributed by atoms with Crippen LogP contribution in [0.1, 0.15) is 34.0 Å². The Morgan fingerprint density at radius 1 is 1.12 bits per heavy atom. The summed E-state index contributed by atoms with van der Waals surface area (Å²) in [4.78, 5) is 26.4. The van der Waals surface area contributed by atoms with Gasteiger partial charge in [0.2, 0.25) is 0 Å². The number of aryl methyl sites for hydroxylation is 1. The van der Waals surface area contributed by atoms with Crippen molar-refractivity contribution < 1.29 is 9.59 Å². The van der Waals surface area contributed by atoms with Gasteiger partial charge in [-0.1, -0.05) is 60.4 Å². The molecule has 2 aromatic rings. The van der Waals surface area contributed by atoms with Crippen molar-refractivity contribution in [3.63, 3.8) is 0 Å². The van der Waals surface area contributed by atoms with Gasteiger partial charge in [-0.2, -0.15) is 0 Å². The topological polar surface area (TPSA) is 37.4 Å². The number of Topliss-reactive ketones (excluding diaryl/α,β-unsaturated/α-hetero) is 1. The number of carbonyl (C=O) groups is 2. The fraction of sp³-hybridized carbons (Fsp3) is 0.150. The van der Waals surface area contributed by atoms with Crippen molar-refractivity contribution in [2.75, 3.05) is 4.90 Å². The van der Waals surface area contributed by atoms with Gasteiger partial charge >= 0.3 is 0 Å². The van der Waals surface area contributed by atoms with Gasteiger partial charge in [0.1, 0.15) is 0 Å². The predicted molar refractivity (Wildman–Crippen MR) is 108 cm³/mol. The molecule has 126 valence electrons. The van der Waals surface area contributed by atoms with E-state index in [1.165, 1.54) is 18.7 Å². The maximum absolute atomic E-state index is 12.9. The van der Waals surface area contributed by atoms with Crippen molar-refractivity contribution in [3.05, 3.63) is 69.6 Å². The van der Waals surface area contributed by atoms with Crippen LogP contribution in [0.3, 0.4) is 0 Å². The van der Waals surface area contributed by atoms with Crippen LogP contribution in [0.5, 0.6) is 0 Å². The Morgan fingerprint density at radius 3 is 2.44 bits per heavy atom. The molecule has 0 saturated carbocycles. The highest BCUT2D eigenvalue weighted by molar-refractivity contribution is 8.27. The monoisotopic (exact) mass is 367 g/mol. The number of ketones is 1. The van der Waals surface area contributed by atoms with Crippen LogP contribution in [0.4, 0.5) is 5.69 Å². The summed E-state index contributed by atoms with van der Waals surface area (Å²) in [7, 11) is 0. The summed E-state index contributed by atoms with van der Waals surface area (Å²) >= 11 is 6.73. The molecule has 0 bridgehead atoms. The van der Waals surface area contributed by atoms with Crippen molar-refractivity contribution >= 4 is 51.8 Å². The van der Waals surface area contributed by atoms with Gasteiger partial charge in [0.05, 0.1) is 10.6 Å². The van der Waals surface area contributed by atoms with E-state index in [2.05, 4.69) is 0 Å². The summed E-state index contributed by atoms with van der Waals surface area (Å²) in [5.41, 5.74) is 4.52. The second kappa shape index (κ2) is 6.94. The number of rotatable bonds is 3. The van der Waals surface area contributed by atoms with Crippen LogP contribution in [0.25, 0.3) is 6.08 Å². The Morgan fingerprint density at radius 2 is 1.80 bits per heavy atom. The van der Waals surface area contributed by atoms with Gasteiger partial charge in [0.25, 0.3) is 5.91 Å². The molecule has 2 aromatic carbocycles. The molecule has 5 heteroatoms. The van der Waals surface area contributed by atoms with Crippen molar-refractivity contribution in [2.45, 2.75) is 20.8 Å². The predicted octanol–water partition coefficient (Wildman–Crippen LogP) is 4.91. The molecule has 0 N–H and O–H groups in total. The van der Waals surface area contributed by atoms with Crippen LogP contribution in [0.15, 0.2) is 47.4 Å². The lowest BCUT2D eigenvalue weighted by atomic mass is 10.1. The molecule has 1 aliphatic heterocycles. The average molecular weight is 367 g/mol. The first-order valence-corrected chi connectivity index (χ1v) is 9.06. The summed E-state index contributed by atoms with van der Waals surface area (Å²) in [5.74, 6) is -0.0906. The lowest BCUT2D eigenvalue weighted by Crippen LogP contribution is -2.28. The summed E-state index contributed by atoms with van der Waals surface area (Å²) in [6.07, 6.45) is 1.81. The first-order valence-electron chi connectivity index (χ1n) is 7.83. The second-order valence-corrected chi connectivity index (χ2v) is 7.59. The van der Waals surface area contributed by atoms with E-state index in [-0.39, 0.29) is 11.7 Å². The minimum absolute atomic E-state index is 0.0211. The Bertz CT molecular complexity index is 914. The largest absolute Gasteiger partial charge is 0.295 e. The van der Waals surface area contributed by atoms with Gasteiger partial charge in [0.15, 0.2) is 10.1 Å². The maximum atomic E-state index is 12.9. The van der Waals surface area contributed by atoms with Crippen molar-refractivity contribution in [3.8, 4) is 0 Å². The minimum Gasteiger partial charge on any atom is -0.295 e. The number of carbonyl (C=O) groups excluding carboxylic acids is 2. The third-order valence-corrected chi connectivity index (χ3v) is 5.53. The molecule has 1 saturated heterocycles. The summed E-state index contributed by atoms with van der Waals surface area (Å²) in [5, 5.41) is 0. The highest BCUT2D eigenvalue weighted by Gasteiger charge is 2.34. The lowest BCUT2D eigenvalue weighted by molar-refractivity contribution is -0.113. The van der Waals surface area contributed by atoms with Crippen molar-refractivity contribution in [1.29, 1.82) is 0 Å². The summed E-state index contributed by atoms with van der Waals surface area (Å²) in [6.45, 7) is 5.54. The third kappa shape index (κ3) is 3.43. The molecule has 1 fully saturated rings. The number of anilines is 1. The second-order valence-electron chi connectivity index (χ2n) is 5.91. The first-order chi connectivity index (χ1) is 11.9. The van der Waals surface area contributed by atoms with E-state index in [4.69, 9.17) is 12.2 Å². The number of hydrogen-bond acceptors (Lipinski definition) is 4. The van der Waals surface area contributed by atoms with Gasteiger partial charge in [-0.15, -0.1) is 0 Å². The van der Waals surface area contributed by atoms with Crippen LogP contribution in [0, 0.1) is 13.8 Å². The van der Waals surface area contributed by atoms with Crippen LogP contribution >= 0.6 is 24.0 Å². The van der Waals surface area contributed by atoms with Crippen molar-refractivity contribution in [2.24, 2.45) is 0 Å². The van der Waals surface area contributed by atoms with E-state index in [0.29, 0.717) is 14.8 Å². The molecule has 1 aliphatic rings. The first kappa shape index (κ1) is 17.6. The van der Waals surface area contributed by atoms with Gasteiger partial charge in [-0.3, -0.25) is 14.5 Å². The molecule has 0 spiro atoms. The zero-order valence-electron chi connectivity index (χ0n) is 14.2. The molecule has 3 nitrogen and oxygen atoms in total. The number of hydrogen-bond donors (Lipinski definition) is 0. The minimum atomic E-state index is -0.112. The normalized spacial score (nSPS) is 16.0. The Hall–Kier alpha value is -2.24. The highest BCUT2D eigenvalue weighted by atomic mass is 32.2. The quantitative estimate of drug-likeness (QED) is 0.439. The van der Waals surface area contributed by atoms with E-state index in [1.807, 2.05) is 50.3 Å². The van der Waals surface area contributed by atoms with Crippen LogP contribution in [0.2, 0.25) is 0 Å². The summed E-state index contributed by atoms with van der Waals surface area (Å²) in [6, 6.07) is 13.1.